The lowest BCUT2D eigenvalue weighted by molar-refractivity contribution is 1.10. The van der Waals surface area contributed by atoms with E-state index in [9.17, 15) is 0 Å². The van der Waals surface area contributed by atoms with Crippen molar-refractivity contribution in [2.45, 2.75) is 27.7 Å². The lowest BCUT2D eigenvalue weighted by atomic mass is 10.1. The Morgan fingerprint density at radius 3 is 1.04 bits per heavy atom. The minimum atomic E-state index is 0. The van der Waals surface area contributed by atoms with Crippen molar-refractivity contribution in [2.24, 2.45) is 0 Å². The summed E-state index contributed by atoms with van der Waals surface area (Å²) in [5.74, 6) is 0. The second-order valence-corrected chi connectivity index (χ2v) is 8.24. The number of rotatable bonds is 4. The maximum atomic E-state index is 2.34. The van der Waals surface area contributed by atoms with Gasteiger partial charge in [0.25, 0.3) is 0 Å². The van der Waals surface area contributed by atoms with Gasteiger partial charge in [0.15, 0.2) is 0 Å². The molecule has 0 heterocycles. The monoisotopic (exact) mass is 342 g/mol. The highest BCUT2D eigenvalue weighted by Gasteiger charge is 2.10. The van der Waals surface area contributed by atoms with E-state index in [1.54, 1.807) is 0 Å². The molecule has 2 aromatic rings. The number of hydrogen-bond donors (Lipinski definition) is 0. The summed E-state index contributed by atoms with van der Waals surface area (Å²) in [6.07, 6.45) is 0. The van der Waals surface area contributed by atoms with Crippen LogP contribution in [-0.4, -0.2) is 36.6 Å². The fourth-order valence-electron chi connectivity index (χ4n) is 3.63. The van der Waals surface area contributed by atoms with Crippen LogP contribution in [0.15, 0.2) is 24.3 Å². The van der Waals surface area contributed by atoms with Gasteiger partial charge in [-0.25, -0.2) is 0 Å². The average Bonchev–Trinajstić information content (AvgIpc) is 2.35. The Morgan fingerprint density at radius 2 is 0.833 bits per heavy atom. The Balaban J connectivity index is 0.00000288. The number of nitrogens with zero attached hydrogens (tertiary/aromatic N) is 2. The molecule has 2 aromatic carbocycles. The summed E-state index contributed by atoms with van der Waals surface area (Å²) in [6.45, 7) is 8.84. The molecule has 0 aliphatic heterocycles. The first-order valence-corrected chi connectivity index (χ1v) is 9.05. The van der Waals surface area contributed by atoms with E-state index in [2.05, 4.69) is 90.0 Å². The summed E-state index contributed by atoms with van der Waals surface area (Å²) >= 11 is 0. The maximum absolute atomic E-state index is 2.34. The molecule has 0 amide bonds. The second kappa shape index (κ2) is 8.07. The highest BCUT2D eigenvalue weighted by Crippen LogP contribution is 2.27. The molecule has 24 heavy (non-hydrogen) atoms. The van der Waals surface area contributed by atoms with Crippen molar-refractivity contribution < 1.29 is 0 Å². The fraction of sp³-hybridized carbons (Fsp3) is 0.400. The maximum Gasteiger partial charge on any atom is 0.0814 e. The second-order valence-electron chi connectivity index (χ2n) is 6.83. The van der Waals surface area contributed by atoms with E-state index >= 15 is 0 Å². The van der Waals surface area contributed by atoms with Gasteiger partial charge in [-0.05, 0) is 84.8 Å². The number of benzene rings is 2. The first-order valence-electron chi connectivity index (χ1n) is 8.05. The molecule has 0 saturated heterocycles. The largest absolute Gasteiger partial charge is 0.377 e. The minimum absolute atomic E-state index is 0. The van der Waals surface area contributed by atoms with Crippen molar-refractivity contribution in [3.63, 3.8) is 0 Å². The van der Waals surface area contributed by atoms with Gasteiger partial charge in [-0.2, -0.15) is 0 Å². The molecule has 0 bridgehead atoms. The summed E-state index contributed by atoms with van der Waals surface area (Å²) < 4.78 is 0. The van der Waals surface area contributed by atoms with Crippen molar-refractivity contribution in [3.05, 3.63) is 46.5 Å². The summed E-state index contributed by atoms with van der Waals surface area (Å²) in [5, 5.41) is 2.84. The molecule has 0 atom stereocenters. The Labute approximate surface area is 151 Å². The third kappa shape index (κ3) is 4.33. The van der Waals surface area contributed by atoms with E-state index in [1.165, 1.54) is 44.2 Å². The summed E-state index contributed by atoms with van der Waals surface area (Å²) in [6, 6.07) is 9.35. The molecule has 0 N–H and O–H groups in total. The van der Waals surface area contributed by atoms with Crippen molar-refractivity contribution in [3.8, 4) is 0 Å². The third-order valence-corrected chi connectivity index (χ3v) is 5.32. The van der Waals surface area contributed by atoms with Gasteiger partial charge >= 0.3 is 0 Å². The van der Waals surface area contributed by atoms with Crippen molar-refractivity contribution in [1.29, 1.82) is 0 Å². The summed E-state index contributed by atoms with van der Waals surface area (Å²) in [5.41, 5.74) is 8.11. The molecule has 0 fully saturated rings. The van der Waals surface area contributed by atoms with E-state index in [-0.39, 0.29) is 8.41 Å². The SMILES string of the molecule is B.Cc1cc(Pc2cc(C)c(N(C)C)c(C)c2)cc(C)c1N(C)C. The van der Waals surface area contributed by atoms with Gasteiger partial charge < -0.3 is 9.80 Å². The zero-order valence-corrected chi connectivity index (χ0v) is 16.7. The van der Waals surface area contributed by atoms with Crippen LogP contribution in [0.2, 0.25) is 0 Å². The first kappa shape index (κ1) is 20.6. The van der Waals surface area contributed by atoms with Crippen LogP contribution >= 0.6 is 8.58 Å². The van der Waals surface area contributed by atoms with E-state index in [0.29, 0.717) is 8.58 Å². The van der Waals surface area contributed by atoms with Gasteiger partial charge in [0.2, 0.25) is 0 Å². The molecular weight excluding hydrogens is 310 g/mol. The van der Waals surface area contributed by atoms with Crippen molar-refractivity contribution in [1.82, 2.24) is 0 Å². The first-order chi connectivity index (χ1) is 10.7. The lowest BCUT2D eigenvalue weighted by Gasteiger charge is -2.21. The molecule has 0 aromatic heterocycles. The molecule has 2 rings (SSSR count). The summed E-state index contributed by atoms with van der Waals surface area (Å²) in [4.78, 5) is 4.41. The molecule has 0 spiro atoms. The predicted molar refractivity (Wildman–Crippen MR) is 118 cm³/mol. The minimum Gasteiger partial charge on any atom is -0.377 e. The van der Waals surface area contributed by atoms with Crippen LogP contribution in [-0.2, 0) is 0 Å². The zero-order valence-electron chi connectivity index (χ0n) is 15.7. The van der Waals surface area contributed by atoms with Gasteiger partial charge in [0, 0.05) is 39.6 Å². The van der Waals surface area contributed by atoms with Gasteiger partial charge in [0.1, 0.15) is 0 Å². The van der Waals surface area contributed by atoms with E-state index in [1.807, 2.05) is 0 Å². The molecule has 0 radical (unpaired) electrons. The van der Waals surface area contributed by atoms with Crippen LogP contribution < -0.4 is 20.4 Å². The topological polar surface area (TPSA) is 6.48 Å². The predicted octanol–water partition coefficient (Wildman–Crippen LogP) is 2.50. The van der Waals surface area contributed by atoms with Gasteiger partial charge in [-0.1, -0.05) is 8.58 Å². The molecule has 4 heteroatoms. The molecule has 2 nitrogen and oxygen atoms in total. The van der Waals surface area contributed by atoms with E-state index in [4.69, 9.17) is 0 Å². The molecule has 0 saturated carbocycles. The van der Waals surface area contributed by atoms with Gasteiger partial charge in [-0.15, -0.1) is 0 Å². The third-order valence-electron chi connectivity index (χ3n) is 4.17. The van der Waals surface area contributed by atoms with Crippen molar-refractivity contribution >= 4 is 39.0 Å². The summed E-state index contributed by atoms with van der Waals surface area (Å²) in [7, 11) is 9.17. The Hall–Kier alpha value is -1.47. The van der Waals surface area contributed by atoms with Gasteiger partial charge in [0.05, 0.1) is 8.41 Å². The fourth-order valence-corrected chi connectivity index (χ4v) is 5.12. The number of anilines is 2. The normalized spacial score (nSPS) is 10.3. The average molecular weight is 342 g/mol. The number of aryl methyl sites for hydroxylation is 4. The van der Waals surface area contributed by atoms with Crippen LogP contribution in [0.5, 0.6) is 0 Å². The van der Waals surface area contributed by atoms with Crippen LogP contribution in [0.1, 0.15) is 22.3 Å². The standard InChI is InChI=1S/C20H29N2P.BH3/c1-13-9-17(10-14(2)19(13)21(5)6)23-18-11-15(3)20(22(7)8)16(4)12-18;/h9-12,23H,1-8H3;1H3. The number of hydrogen-bond acceptors (Lipinski definition) is 2. The van der Waals surface area contributed by atoms with Gasteiger partial charge in [-0.3, -0.25) is 0 Å². The Kier molecular flexibility index (Phi) is 6.92. The molecule has 0 aliphatic rings. The highest BCUT2D eigenvalue weighted by molar-refractivity contribution is 7.55. The van der Waals surface area contributed by atoms with E-state index < -0.39 is 0 Å². The Bertz CT molecular complexity index is 616. The highest BCUT2D eigenvalue weighted by atomic mass is 31.1. The van der Waals surface area contributed by atoms with Crippen LogP contribution in [0.25, 0.3) is 0 Å². The lowest BCUT2D eigenvalue weighted by Crippen LogP contribution is -2.16. The molecular formula is C20H32BN2P. The van der Waals surface area contributed by atoms with E-state index in [0.717, 1.165) is 0 Å². The van der Waals surface area contributed by atoms with Crippen LogP contribution in [0.3, 0.4) is 0 Å². The molecule has 0 unspecified atom stereocenters. The van der Waals surface area contributed by atoms with Crippen molar-refractivity contribution in [2.75, 3.05) is 38.0 Å². The smallest absolute Gasteiger partial charge is 0.0814 e. The molecule has 130 valence electrons. The zero-order chi connectivity index (χ0) is 17.3. The quantitative estimate of drug-likeness (QED) is 0.622. The molecule has 0 aliphatic carbocycles. The Morgan fingerprint density at radius 1 is 0.583 bits per heavy atom. The van der Waals surface area contributed by atoms with Crippen LogP contribution in [0, 0.1) is 27.7 Å². The van der Waals surface area contributed by atoms with Crippen LogP contribution in [0.4, 0.5) is 11.4 Å².